The summed E-state index contributed by atoms with van der Waals surface area (Å²) in [5.74, 6) is 5.80. The summed E-state index contributed by atoms with van der Waals surface area (Å²) in [4.78, 5) is 49.7. The molecule has 0 aliphatic carbocycles. The van der Waals surface area contributed by atoms with Crippen molar-refractivity contribution in [2.75, 3.05) is 0 Å². The van der Waals surface area contributed by atoms with Crippen molar-refractivity contribution >= 4 is 98.3 Å². The van der Waals surface area contributed by atoms with Gasteiger partial charge in [-0.05, 0) is 137 Å². The molecule has 0 aliphatic heterocycles. The van der Waals surface area contributed by atoms with Crippen LogP contribution in [-0.2, 0) is 21.7 Å². The van der Waals surface area contributed by atoms with Crippen molar-refractivity contribution in [3.05, 3.63) is 417 Å². The number of hydrogen-bond donors (Lipinski definition) is 0. The highest BCUT2D eigenvalue weighted by Crippen LogP contribution is 2.36. The standard InChI is InChI=1S/C19H19N3.C19H14N2.C17H18N2.C13H9NO.C13H9NS.C11H13NO.C11H13NS.C8H6N2.4C5H12/c1-19(2,3)18-21-16(14-10-6-4-7-11-14)20-17(22-18)15-12-8-5-9-13-15;1-3-9-15(10-4-1)19-20-17-13-7-8-14-18(17)21(19)16-11-5-2-6-12-16;1-17(2,3)16-18-14-11-7-8-12-15(14)19(16)13-9-5-4-6-10-13;2*1-2-6-10(7-3-1)13-14-11-8-4-5-9-12(11)15-13;2*1-11(2,3)10-12-8-6-4-5-7-9(8)13-10;1-2-4-8-7(3-1)5-9-6-10-8;4*1-5(2,3)4/h4-13H,1-3H3;1-14H;4-12H,1-3H3;2*1-9H;2*4-7H,1-3H3;1-6H;4*1-4H3. The number of imidazole rings is 2. The Kier molecular flexibility index (Phi) is 39.8. The molecule has 0 bridgehead atoms. The summed E-state index contributed by atoms with van der Waals surface area (Å²) < 4.78 is 18.3. The maximum absolute atomic E-state index is 5.64. The van der Waals surface area contributed by atoms with E-state index in [1.54, 1.807) is 29.0 Å². The SMILES string of the molecule is CC(C)(C)C.CC(C)(C)C.CC(C)(C)C.CC(C)(C)C.CC(C)(C)c1nc(-c2ccccc2)nc(-c2ccccc2)n1.CC(C)(C)c1nc2ccccc2n1-c1ccccc1.CC(C)(C)c1nc2ccccc2o1.CC(C)(C)c1nc2ccccc2s1.c1ccc(-c2nc3ccccc3n2-c2ccccc2)cc1.c1ccc(-c2nc3ccccc3o2)cc1.c1ccc(-c2nc3ccccc3s2)cc1.c1ccc2ncncc2c1. The van der Waals surface area contributed by atoms with Gasteiger partial charge in [-0.15, -0.1) is 22.7 Å². The van der Waals surface area contributed by atoms with Crippen LogP contribution in [-0.4, -0.2) is 64.0 Å². The molecule has 0 amide bonds. The molecule has 22 aromatic rings. The van der Waals surface area contributed by atoms with Crippen LogP contribution in [0.25, 0.3) is 143 Å². The van der Waals surface area contributed by atoms with E-state index in [-0.39, 0.29) is 21.7 Å². The molecule has 0 atom stereocenters. The number of rotatable bonds is 7. The number of nitrogens with zero attached hydrogens (tertiary/aromatic N) is 13. The summed E-state index contributed by atoms with van der Waals surface area (Å²) in [6.45, 7) is 60.8. The van der Waals surface area contributed by atoms with Crippen LogP contribution >= 0.6 is 22.7 Å². The Bertz CT molecular complexity index is 7230. The van der Waals surface area contributed by atoms with E-state index in [4.69, 9.17) is 18.8 Å². The average molecular weight is 2000 g/mol. The Balaban J connectivity index is 0.000000158. The van der Waals surface area contributed by atoms with Crippen LogP contribution in [0.4, 0.5) is 0 Å². The molecule has 0 saturated heterocycles. The van der Waals surface area contributed by atoms with Crippen LogP contribution in [0.3, 0.4) is 0 Å². The highest BCUT2D eigenvalue weighted by Gasteiger charge is 2.26. The zero-order valence-corrected chi connectivity index (χ0v) is 93.6. The molecule has 8 heterocycles. The molecular formula is C131H149N13O2S2. The van der Waals surface area contributed by atoms with Crippen LogP contribution in [0.5, 0.6) is 0 Å². The number of hydrogen-bond acceptors (Lipinski definition) is 15. The van der Waals surface area contributed by atoms with Crippen molar-refractivity contribution in [2.45, 2.75) is 216 Å². The summed E-state index contributed by atoms with van der Waals surface area (Å²) >= 11 is 3.53. The first kappa shape index (κ1) is 113. The number of benzene rings is 14. The first-order valence-corrected chi connectivity index (χ1v) is 52.3. The minimum absolute atomic E-state index is 0.00879. The van der Waals surface area contributed by atoms with Crippen molar-refractivity contribution in [1.29, 1.82) is 0 Å². The van der Waals surface area contributed by atoms with Crippen LogP contribution in [0.15, 0.2) is 404 Å². The summed E-state index contributed by atoms with van der Waals surface area (Å²) in [5, 5.41) is 3.40. The normalized spacial score (nSPS) is 11.4. The predicted octanol–water partition coefficient (Wildman–Crippen LogP) is 37.5. The number of oxazole rings is 2. The molecule has 17 heteroatoms. The third-order valence-corrected chi connectivity index (χ3v) is 22.7. The molecule has 8 aromatic heterocycles. The first-order valence-electron chi connectivity index (χ1n) is 50.7. The molecular weight excluding hydrogens is 1850 g/mol. The van der Waals surface area contributed by atoms with Gasteiger partial charge in [0.2, 0.25) is 11.8 Å². The molecule has 15 nitrogen and oxygen atoms in total. The molecule has 0 radical (unpaired) electrons. The summed E-state index contributed by atoms with van der Waals surface area (Å²) in [6, 6.07) is 128. The monoisotopic (exact) mass is 2000 g/mol. The molecule has 0 spiro atoms. The lowest BCUT2D eigenvalue weighted by molar-refractivity contribution is 0.411. The molecule has 0 N–H and O–H groups in total. The van der Waals surface area contributed by atoms with E-state index in [9.17, 15) is 0 Å². The Morgan fingerprint density at radius 3 is 1.01 bits per heavy atom. The second-order valence-corrected chi connectivity index (χ2v) is 48.4. The molecule has 0 aliphatic rings. The number of para-hydroxylation sites is 13. The fourth-order valence-electron chi connectivity index (χ4n) is 13.6. The second-order valence-electron chi connectivity index (χ2n) is 46.4. The molecule has 22 rings (SSSR count). The van der Waals surface area contributed by atoms with Gasteiger partial charge in [-0.3, -0.25) is 9.13 Å². The lowest BCUT2D eigenvalue weighted by atomic mass is 9.95. The average Bonchev–Trinajstić information content (AvgIpc) is 1.61. The van der Waals surface area contributed by atoms with Gasteiger partial charge >= 0.3 is 0 Å². The number of fused-ring (bicyclic) bond motifs is 7. The van der Waals surface area contributed by atoms with Crippen LogP contribution in [0.1, 0.15) is 216 Å². The third-order valence-electron chi connectivity index (χ3n) is 20.1. The highest BCUT2D eigenvalue weighted by molar-refractivity contribution is 7.21. The third kappa shape index (κ3) is 36.9. The van der Waals surface area contributed by atoms with Gasteiger partial charge in [0.05, 0.1) is 53.0 Å². The quantitative estimate of drug-likeness (QED) is 0.147. The number of thiazole rings is 2. The summed E-state index contributed by atoms with van der Waals surface area (Å²) in [7, 11) is 0. The molecule has 762 valence electrons. The maximum atomic E-state index is 5.64. The largest absolute Gasteiger partial charge is 0.440 e. The zero-order chi connectivity index (χ0) is 107. The first-order chi connectivity index (χ1) is 70.0. The Morgan fingerprint density at radius 1 is 0.243 bits per heavy atom. The van der Waals surface area contributed by atoms with Crippen molar-refractivity contribution in [1.82, 2.24) is 64.0 Å². The topological polar surface area (TPSA) is 178 Å². The van der Waals surface area contributed by atoms with E-state index in [1.807, 2.05) is 243 Å². The van der Waals surface area contributed by atoms with Gasteiger partial charge in [0.25, 0.3) is 0 Å². The van der Waals surface area contributed by atoms with E-state index in [0.717, 1.165) is 129 Å². The fraction of sp³-hybridized carbons (Fsp3) is 0.275. The molecule has 148 heavy (non-hydrogen) atoms. The van der Waals surface area contributed by atoms with Crippen molar-refractivity contribution < 1.29 is 8.83 Å². The minimum Gasteiger partial charge on any atom is -0.440 e. The van der Waals surface area contributed by atoms with Crippen LogP contribution in [0, 0.1) is 21.7 Å². The summed E-state index contributed by atoms with van der Waals surface area (Å²) in [6.07, 6.45) is 3.37. The predicted molar refractivity (Wildman–Crippen MR) is 631 cm³/mol. The van der Waals surface area contributed by atoms with Gasteiger partial charge in [0.15, 0.2) is 22.8 Å². The van der Waals surface area contributed by atoms with Gasteiger partial charge in [-0.25, -0.2) is 54.8 Å². The summed E-state index contributed by atoms with van der Waals surface area (Å²) in [5.41, 5.74) is 20.8. The van der Waals surface area contributed by atoms with E-state index in [1.165, 1.54) is 31.2 Å². The van der Waals surface area contributed by atoms with Crippen LogP contribution < -0.4 is 0 Å². The lowest BCUT2D eigenvalue weighted by Crippen LogP contribution is -2.18. The highest BCUT2D eigenvalue weighted by atomic mass is 32.1. The molecule has 14 aromatic carbocycles. The Hall–Kier alpha value is -14.9. The minimum atomic E-state index is -0.129. The Morgan fingerprint density at radius 2 is 0.595 bits per heavy atom. The van der Waals surface area contributed by atoms with Crippen molar-refractivity contribution in [2.24, 2.45) is 21.7 Å². The molecule has 0 saturated carbocycles. The second kappa shape index (κ2) is 51.9. The number of aromatic nitrogens is 13. The van der Waals surface area contributed by atoms with Gasteiger partial charge in [0.1, 0.15) is 39.8 Å². The van der Waals surface area contributed by atoms with Gasteiger partial charge < -0.3 is 8.83 Å². The fourth-order valence-corrected chi connectivity index (χ4v) is 15.6. The van der Waals surface area contributed by atoms with E-state index in [0.29, 0.717) is 27.6 Å². The van der Waals surface area contributed by atoms with Crippen molar-refractivity contribution in [3.63, 3.8) is 0 Å². The van der Waals surface area contributed by atoms with Gasteiger partial charge in [-0.1, -0.05) is 461 Å². The smallest absolute Gasteiger partial charge is 0.227 e. The van der Waals surface area contributed by atoms with Gasteiger partial charge in [-0.2, -0.15) is 0 Å². The lowest BCUT2D eigenvalue weighted by Gasteiger charge is -2.20. The maximum Gasteiger partial charge on any atom is 0.227 e. The van der Waals surface area contributed by atoms with E-state index in [2.05, 4.69) is 393 Å². The Labute approximate surface area is 886 Å². The molecule has 0 fully saturated rings. The van der Waals surface area contributed by atoms with E-state index >= 15 is 0 Å². The van der Waals surface area contributed by atoms with Gasteiger partial charge in [0, 0.05) is 72.4 Å². The molecule has 0 unspecified atom stereocenters. The van der Waals surface area contributed by atoms with Crippen LogP contribution in [0.2, 0.25) is 0 Å². The van der Waals surface area contributed by atoms with Crippen molar-refractivity contribution in [3.8, 4) is 67.6 Å². The zero-order valence-electron chi connectivity index (χ0n) is 92.0. The van der Waals surface area contributed by atoms with E-state index < -0.39 is 0 Å².